The molecule has 0 aliphatic rings. The van der Waals surface area contributed by atoms with Crippen LogP contribution >= 0.6 is 0 Å². The minimum absolute atomic E-state index is 0.0107. The van der Waals surface area contributed by atoms with Gasteiger partial charge in [-0.1, -0.05) is 26.0 Å². The van der Waals surface area contributed by atoms with E-state index in [9.17, 15) is 0 Å². The Hall–Kier alpha value is -1.10. The van der Waals surface area contributed by atoms with Crippen LogP contribution in [0.4, 0.5) is 0 Å². The monoisotopic (exact) mass is 281 g/mol. The summed E-state index contributed by atoms with van der Waals surface area (Å²) in [6, 6.07) is 7.98. The molecule has 0 saturated carbocycles. The topological polar surface area (TPSA) is 39.7 Å². The second-order valence-corrected chi connectivity index (χ2v) is 5.33. The molecular formula is C16H27NO3. The maximum atomic E-state index is 5.98. The molecule has 0 fully saturated rings. The fourth-order valence-electron chi connectivity index (χ4n) is 1.92. The largest absolute Gasteiger partial charge is 0.487 e. The van der Waals surface area contributed by atoms with Gasteiger partial charge in [0.2, 0.25) is 0 Å². The van der Waals surface area contributed by atoms with E-state index in [1.165, 1.54) is 0 Å². The molecule has 0 saturated heterocycles. The third-order valence-electron chi connectivity index (χ3n) is 2.79. The first kappa shape index (κ1) is 17.0. The molecular weight excluding hydrogens is 254 g/mol. The average molecular weight is 281 g/mol. The summed E-state index contributed by atoms with van der Waals surface area (Å²) in [4.78, 5) is 0. The molecule has 1 aromatic rings. The maximum absolute atomic E-state index is 5.98. The van der Waals surface area contributed by atoms with Gasteiger partial charge in [-0.05, 0) is 30.2 Å². The van der Waals surface area contributed by atoms with Crippen LogP contribution in [0.2, 0.25) is 0 Å². The van der Waals surface area contributed by atoms with E-state index in [4.69, 9.17) is 14.2 Å². The predicted octanol–water partition coefficient (Wildman–Crippen LogP) is 2.47. The highest BCUT2D eigenvalue weighted by Gasteiger charge is 2.10. The summed E-state index contributed by atoms with van der Waals surface area (Å²) in [7, 11) is 3.39. The minimum Gasteiger partial charge on any atom is -0.487 e. The third kappa shape index (κ3) is 6.89. The Morgan fingerprint density at radius 2 is 1.90 bits per heavy atom. The van der Waals surface area contributed by atoms with Crippen LogP contribution in [0.1, 0.15) is 19.4 Å². The Kier molecular flexibility index (Phi) is 8.26. The van der Waals surface area contributed by atoms with E-state index in [1.54, 1.807) is 14.2 Å². The van der Waals surface area contributed by atoms with Crippen molar-refractivity contribution in [3.8, 4) is 5.75 Å². The fraction of sp³-hybridized carbons (Fsp3) is 0.625. The number of methoxy groups -OCH3 is 2. The van der Waals surface area contributed by atoms with Gasteiger partial charge in [0.1, 0.15) is 11.9 Å². The van der Waals surface area contributed by atoms with Crippen molar-refractivity contribution >= 4 is 0 Å². The van der Waals surface area contributed by atoms with Crippen molar-refractivity contribution in [2.45, 2.75) is 26.6 Å². The normalized spacial score (nSPS) is 12.7. The van der Waals surface area contributed by atoms with Gasteiger partial charge in [-0.3, -0.25) is 0 Å². The first-order valence-electron chi connectivity index (χ1n) is 7.10. The lowest BCUT2D eigenvalue weighted by Crippen LogP contribution is -2.36. The zero-order valence-electron chi connectivity index (χ0n) is 13.0. The summed E-state index contributed by atoms with van der Waals surface area (Å²) in [5.74, 6) is 1.48. The van der Waals surface area contributed by atoms with Gasteiger partial charge in [0.25, 0.3) is 0 Å². The number of ether oxygens (including phenoxy) is 3. The van der Waals surface area contributed by atoms with Crippen LogP contribution in [-0.2, 0) is 16.1 Å². The molecule has 0 spiro atoms. The highest BCUT2D eigenvalue weighted by atomic mass is 16.5. The molecule has 0 aromatic heterocycles. The van der Waals surface area contributed by atoms with Gasteiger partial charge < -0.3 is 19.5 Å². The van der Waals surface area contributed by atoms with Crippen molar-refractivity contribution in [2.75, 3.05) is 33.9 Å². The zero-order valence-corrected chi connectivity index (χ0v) is 13.0. The molecule has 1 unspecified atom stereocenters. The second kappa shape index (κ2) is 9.75. The van der Waals surface area contributed by atoms with E-state index < -0.39 is 0 Å². The van der Waals surface area contributed by atoms with Gasteiger partial charge in [-0.2, -0.15) is 0 Å². The molecule has 1 N–H and O–H groups in total. The standard InChI is InChI=1S/C16H27NO3/c1-13(2)9-17-10-16(12-19-4)20-15-7-5-6-14(8-15)11-18-3/h5-8,13,16-17H,9-12H2,1-4H3. The molecule has 1 rings (SSSR count). The van der Waals surface area contributed by atoms with Gasteiger partial charge in [0, 0.05) is 20.8 Å². The number of hydrogen-bond donors (Lipinski definition) is 1. The molecule has 0 amide bonds. The van der Waals surface area contributed by atoms with E-state index >= 15 is 0 Å². The first-order chi connectivity index (χ1) is 9.65. The summed E-state index contributed by atoms with van der Waals surface area (Å²) in [6.07, 6.45) is 0.0107. The van der Waals surface area contributed by atoms with Gasteiger partial charge in [0.15, 0.2) is 0 Å². The molecule has 0 aliphatic heterocycles. The smallest absolute Gasteiger partial charge is 0.134 e. The quantitative estimate of drug-likeness (QED) is 0.715. The molecule has 0 bridgehead atoms. The van der Waals surface area contributed by atoms with Crippen molar-refractivity contribution in [3.05, 3.63) is 29.8 Å². The van der Waals surface area contributed by atoms with E-state index in [2.05, 4.69) is 19.2 Å². The molecule has 0 aliphatic carbocycles. The minimum atomic E-state index is 0.0107. The Morgan fingerprint density at radius 3 is 2.55 bits per heavy atom. The molecule has 20 heavy (non-hydrogen) atoms. The highest BCUT2D eigenvalue weighted by Crippen LogP contribution is 2.15. The lowest BCUT2D eigenvalue weighted by Gasteiger charge is -2.20. The average Bonchev–Trinajstić information content (AvgIpc) is 2.39. The Bertz CT molecular complexity index is 368. The summed E-state index contributed by atoms with van der Waals surface area (Å²) in [5, 5.41) is 3.40. The van der Waals surface area contributed by atoms with Crippen LogP contribution < -0.4 is 10.1 Å². The maximum Gasteiger partial charge on any atom is 0.134 e. The van der Waals surface area contributed by atoms with Gasteiger partial charge >= 0.3 is 0 Å². The Morgan fingerprint density at radius 1 is 1.10 bits per heavy atom. The molecule has 1 atom stereocenters. The summed E-state index contributed by atoms with van der Waals surface area (Å²) >= 11 is 0. The van der Waals surface area contributed by atoms with Crippen molar-refractivity contribution in [1.29, 1.82) is 0 Å². The van der Waals surface area contributed by atoms with Crippen LogP contribution in [-0.4, -0.2) is 40.0 Å². The van der Waals surface area contributed by atoms with E-state index in [-0.39, 0.29) is 6.10 Å². The van der Waals surface area contributed by atoms with Crippen LogP contribution in [0, 0.1) is 5.92 Å². The van der Waals surface area contributed by atoms with Crippen molar-refractivity contribution in [3.63, 3.8) is 0 Å². The van der Waals surface area contributed by atoms with Crippen LogP contribution in [0.3, 0.4) is 0 Å². The van der Waals surface area contributed by atoms with Crippen molar-refractivity contribution in [1.82, 2.24) is 5.32 Å². The molecule has 0 radical (unpaired) electrons. The first-order valence-corrected chi connectivity index (χ1v) is 7.10. The number of nitrogens with one attached hydrogen (secondary N) is 1. The summed E-state index contributed by atoms with van der Waals surface area (Å²) in [6.45, 7) is 7.30. The van der Waals surface area contributed by atoms with Crippen LogP contribution in [0.5, 0.6) is 5.75 Å². The number of hydrogen-bond acceptors (Lipinski definition) is 4. The van der Waals surface area contributed by atoms with E-state index in [1.807, 2.05) is 24.3 Å². The Labute approximate surface area is 122 Å². The SMILES string of the molecule is COCc1cccc(OC(CNCC(C)C)COC)c1. The third-order valence-corrected chi connectivity index (χ3v) is 2.79. The van der Waals surface area contributed by atoms with E-state index in [0.717, 1.165) is 24.4 Å². The summed E-state index contributed by atoms with van der Waals surface area (Å²) in [5.41, 5.74) is 1.11. The molecule has 1 aromatic carbocycles. The molecule has 4 nitrogen and oxygen atoms in total. The number of benzene rings is 1. The molecule has 114 valence electrons. The molecule has 0 heterocycles. The van der Waals surface area contributed by atoms with Crippen molar-refractivity contribution < 1.29 is 14.2 Å². The Balaban J connectivity index is 2.53. The lowest BCUT2D eigenvalue weighted by molar-refractivity contribution is 0.0800. The summed E-state index contributed by atoms with van der Waals surface area (Å²) < 4.78 is 16.3. The van der Waals surface area contributed by atoms with Crippen LogP contribution in [0.25, 0.3) is 0 Å². The lowest BCUT2D eigenvalue weighted by atomic mass is 10.2. The highest BCUT2D eigenvalue weighted by molar-refractivity contribution is 5.28. The zero-order chi connectivity index (χ0) is 14.8. The second-order valence-electron chi connectivity index (χ2n) is 5.33. The van der Waals surface area contributed by atoms with Gasteiger partial charge in [-0.15, -0.1) is 0 Å². The van der Waals surface area contributed by atoms with E-state index in [0.29, 0.717) is 19.1 Å². The van der Waals surface area contributed by atoms with Gasteiger partial charge in [-0.25, -0.2) is 0 Å². The fourth-order valence-corrected chi connectivity index (χ4v) is 1.92. The van der Waals surface area contributed by atoms with Gasteiger partial charge in [0.05, 0.1) is 13.2 Å². The van der Waals surface area contributed by atoms with Crippen LogP contribution in [0.15, 0.2) is 24.3 Å². The van der Waals surface area contributed by atoms with Crippen molar-refractivity contribution in [2.24, 2.45) is 5.92 Å². The number of rotatable bonds is 10. The predicted molar refractivity (Wildman–Crippen MR) is 81.2 cm³/mol. The molecule has 4 heteroatoms.